The lowest BCUT2D eigenvalue weighted by Crippen LogP contribution is -2.28. The molecular formula is C21H21N5O2. The van der Waals surface area contributed by atoms with Gasteiger partial charge in [0.15, 0.2) is 0 Å². The first-order valence-corrected chi connectivity index (χ1v) is 8.66. The Labute approximate surface area is 162 Å². The molecule has 0 unspecified atom stereocenters. The largest absolute Gasteiger partial charge is 0.399 e. The highest BCUT2D eigenvalue weighted by molar-refractivity contribution is 6.05. The zero-order valence-electron chi connectivity index (χ0n) is 15.1. The second-order valence-electron chi connectivity index (χ2n) is 6.17. The number of para-hydroxylation sites is 2. The molecule has 0 radical (unpaired) electrons. The fraction of sp³-hybridized carbons (Fsp3) is 0.0476. The second kappa shape index (κ2) is 8.59. The van der Waals surface area contributed by atoms with Gasteiger partial charge in [0.25, 0.3) is 5.91 Å². The Balaban J connectivity index is 1.53. The van der Waals surface area contributed by atoms with E-state index in [1.54, 1.807) is 72.8 Å². The molecule has 3 rings (SSSR count). The van der Waals surface area contributed by atoms with Crippen LogP contribution in [0.15, 0.2) is 72.8 Å². The van der Waals surface area contributed by atoms with E-state index in [1.807, 2.05) is 0 Å². The number of nitrogens with one attached hydrogen (secondary N) is 3. The summed E-state index contributed by atoms with van der Waals surface area (Å²) in [6, 6.07) is 20.6. The highest BCUT2D eigenvalue weighted by atomic mass is 16.2. The quantitative estimate of drug-likeness (QED) is 0.439. The number of carbonyl (C=O) groups is 2. The second-order valence-corrected chi connectivity index (χ2v) is 6.17. The summed E-state index contributed by atoms with van der Waals surface area (Å²) < 4.78 is 0. The Morgan fingerprint density at radius 1 is 0.821 bits per heavy atom. The van der Waals surface area contributed by atoms with Gasteiger partial charge >= 0.3 is 6.03 Å². The van der Waals surface area contributed by atoms with Crippen molar-refractivity contribution in [3.63, 3.8) is 0 Å². The van der Waals surface area contributed by atoms with Crippen LogP contribution in [0.25, 0.3) is 0 Å². The number of hydrogen-bond donors (Lipinski definition) is 5. The SMILES string of the molecule is Nc1cccc(NC(=O)NCc2ccc(C(=O)Nc3ccccc3N)cc2)c1. The number of benzene rings is 3. The summed E-state index contributed by atoms with van der Waals surface area (Å²) >= 11 is 0. The Morgan fingerprint density at radius 3 is 2.29 bits per heavy atom. The number of rotatable bonds is 5. The average molecular weight is 375 g/mol. The van der Waals surface area contributed by atoms with Crippen molar-refractivity contribution in [2.45, 2.75) is 6.54 Å². The van der Waals surface area contributed by atoms with Gasteiger partial charge in [0.2, 0.25) is 0 Å². The lowest BCUT2D eigenvalue weighted by Gasteiger charge is -2.10. The third-order valence-electron chi connectivity index (χ3n) is 4.02. The van der Waals surface area contributed by atoms with Crippen molar-refractivity contribution in [1.82, 2.24) is 5.32 Å². The molecule has 7 heteroatoms. The first kappa shape index (κ1) is 18.8. The van der Waals surface area contributed by atoms with Crippen molar-refractivity contribution < 1.29 is 9.59 Å². The van der Waals surface area contributed by atoms with E-state index < -0.39 is 0 Å². The minimum Gasteiger partial charge on any atom is -0.399 e. The molecule has 0 aliphatic carbocycles. The molecule has 28 heavy (non-hydrogen) atoms. The molecule has 3 amide bonds. The van der Waals surface area contributed by atoms with Crippen LogP contribution in [0.4, 0.5) is 27.5 Å². The highest BCUT2D eigenvalue weighted by Crippen LogP contribution is 2.18. The molecule has 0 atom stereocenters. The predicted molar refractivity (Wildman–Crippen MR) is 112 cm³/mol. The molecular weight excluding hydrogens is 354 g/mol. The fourth-order valence-electron chi connectivity index (χ4n) is 2.55. The lowest BCUT2D eigenvalue weighted by molar-refractivity contribution is 0.102. The van der Waals surface area contributed by atoms with Gasteiger partial charge in [-0.1, -0.05) is 30.3 Å². The first-order chi connectivity index (χ1) is 13.5. The van der Waals surface area contributed by atoms with Gasteiger partial charge in [-0.15, -0.1) is 0 Å². The van der Waals surface area contributed by atoms with Crippen molar-refractivity contribution in [2.75, 3.05) is 22.1 Å². The van der Waals surface area contributed by atoms with Gasteiger partial charge in [-0.3, -0.25) is 4.79 Å². The molecule has 0 fully saturated rings. The Hall–Kier alpha value is -4.00. The van der Waals surface area contributed by atoms with Gasteiger partial charge in [0, 0.05) is 23.5 Å². The average Bonchev–Trinajstić information content (AvgIpc) is 2.68. The van der Waals surface area contributed by atoms with E-state index in [2.05, 4.69) is 16.0 Å². The number of nitrogen functional groups attached to an aromatic ring is 2. The van der Waals surface area contributed by atoms with Crippen LogP contribution in [0, 0.1) is 0 Å². The molecule has 142 valence electrons. The lowest BCUT2D eigenvalue weighted by atomic mass is 10.1. The van der Waals surface area contributed by atoms with Crippen LogP contribution >= 0.6 is 0 Å². The van der Waals surface area contributed by atoms with E-state index in [1.165, 1.54) is 0 Å². The van der Waals surface area contributed by atoms with Crippen molar-refractivity contribution >= 4 is 34.7 Å². The van der Waals surface area contributed by atoms with Gasteiger partial charge in [-0.05, 0) is 48.0 Å². The third-order valence-corrected chi connectivity index (χ3v) is 4.02. The summed E-state index contributed by atoms with van der Waals surface area (Å²) in [5.74, 6) is -0.253. The monoisotopic (exact) mass is 375 g/mol. The van der Waals surface area contributed by atoms with E-state index in [9.17, 15) is 9.59 Å². The summed E-state index contributed by atoms with van der Waals surface area (Å²) in [5, 5.41) is 8.24. The Morgan fingerprint density at radius 2 is 1.57 bits per heavy atom. The van der Waals surface area contributed by atoms with E-state index in [-0.39, 0.29) is 11.9 Å². The molecule has 0 saturated carbocycles. The molecule has 0 spiro atoms. The van der Waals surface area contributed by atoms with Gasteiger partial charge in [-0.2, -0.15) is 0 Å². The van der Waals surface area contributed by atoms with E-state index in [0.29, 0.717) is 34.9 Å². The van der Waals surface area contributed by atoms with Crippen LogP contribution in [-0.4, -0.2) is 11.9 Å². The fourth-order valence-corrected chi connectivity index (χ4v) is 2.55. The van der Waals surface area contributed by atoms with E-state index in [0.717, 1.165) is 5.56 Å². The maximum absolute atomic E-state index is 12.3. The zero-order chi connectivity index (χ0) is 19.9. The van der Waals surface area contributed by atoms with Gasteiger partial charge in [0.05, 0.1) is 11.4 Å². The number of anilines is 4. The maximum Gasteiger partial charge on any atom is 0.319 e. The van der Waals surface area contributed by atoms with Crippen LogP contribution in [0.1, 0.15) is 15.9 Å². The standard InChI is InChI=1S/C21H21N5O2/c22-16-4-3-5-17(12-16)25-21(28)24-13-14-8-10-15(11-9-14)20(27)26-19-7-2-1-6-18(19)23/h1-12H,13,22-23H2,(H,26,27)(H2,24,25,28). The van der Waals surface area contributed by atoms with Crippen LogP contribution in [0.2, 0.25) is 0 Å². The Kier molecular flexibility index (Phi) is 5.76. The number of nitrogens with two attached hydrogens (primary N) is 2. The van der Waals surface area contributed by atoms with Crippen LogP contribution < -0.4 is 27.4 Å². The molecule has 0 aliphatic heterocycles. The van der Waals surface area contributed by atoms with Crippen molar-refractivity contribution in [2.24, 2.45) is 0 Å². The molecule has 0 aliphatic rings. The topological polar surface area (TPSA) is 122 Å². The number of carbonyl (C=O) groups excluding carboxylic acids is 2. The molecule has 7 nitrogen and oxygen atoms in total. The summed E-state index contributed by atoms with van der Waals surface area (Å²) in [6.07, 6.45) is 0. The van der Waals surface area contributed by atoms with Gasteiger partial charge in [-0.25, -0.2) is 4.79 Å². The van der Waals surface area contributed by atoms with Gasteiger partial charge in [0.1, 0.15) is 0 Å². The minimum absolute atomic E-state index is 0.253. The van der Waals surface area contributed by atoms with Crippen molar-refractivity contribution in [3.05, 3.63) is 83.9 Å². The molecule has 3 aromatic rings. The number of urea groups is 1. The maximum atomic E-state index is 12.3. The van der Waals surface area contributed by atoms with Gasteiger partial charge < -0.3 is 27.4 Å². The summed E-state index contributed by atoms with van der Waals surface area (Å²) in [4.78, 5) is 24.3. The summed E-state index contributed by atoms with van der Waals surface area (Å²) in [6.45, 7) is 0.321. The predicted octanol–water partition coefficient (Wildman–Crippen LogP) is 3.43. The van der Waals surface area contributed by atoms with E-state index in [4.69, 9.17) is 11.5 Å². The third kappa shape index (κ3) is 5.01. The molecule has 3 aromatic carbocycles. The number of amides is 3. The zero-order valence-corrected chi connectivity index (χ0v) is 15.1. The van der Waals surface area contributed by atoms with Crippen LogP contribution in [-0.2, 0) is 6.54 Å². The van der Waals surface area contributed by atoms with Crippen molar-refractivity contribution in [1.29, 1.82) is 0 Å². The van der Waals surface area contributed by atoms with Crippen molar-refractivity contribution in [3.8, 4) is 0 Å². The normalized spacial score (nSPS) is 10.1. The number of hydrogen-bond acceptors (Lipinski definition) is 4. The molecule has 7 N–H and O–H groups in total. The smallest absolute Gasteiger partial charge is 0.319 e. The van der Waals surface area contributed by atoms with E-state index >= 15 is 0 Å². The molecule has 0 aromatic heterocycles. The summed E-state index contributed by atoms with van der Waals surface area (Å²) in [7, 11) is 0. The van der Waals surface area contributed by atoms with Crippen LogP contribution in [0.5, 0.6) is 0 Å². The summed E-state index contributed by atoms with van der Waals surface area (Å²) in [5.41, 5.74) is 15.1. The molecule has 0 bridgehead atoms. The molecule has 0 saturated heterocycles. The Bertz CT molecular complexity index is 986. The first-order valence-electron chi connectivity index (χ1n) is 8.66. The molecule has 0 heterocycles. The highest BCUT2D eigenvalue weighted by Gasteiger charge is 2.08. The minimum atomic E-state index is -0.341. The van der Waals surface area contributed by atoms with Crippen LogP contribution in [0.3, 0.4) is 0 Å².